The molecule has 1 heterocycles. The molecule has 5 nitrogen and oxygen atoms in total. The van der Waals surface area contributed by atoms with E-state index in [-0.39, 0.29) is 24.7 Å². The molecule has 0 aliphatic rings. The van der Waals surface area contributed by atoms with E-state index in [4.69, 9.17) is 4.74 Å². The van der Waals surface area contributed by atoms with Crippen molar-refractivity contribution in [1.82, 2.24) is 8.75 Å². The Hall–Kier alpha value is -1.87. The van der Waals surface area contributed by atoms with Crippen LogP contribution in [0.4, 0.5) is 18.9 Å². The Kier molecular flexibility index (Phi) is 4.74. The van der Waals surface area contributed by atoms with Crippen molar-refractivity contribution in [3.8, 4) is 5.88 Å². The fraction of sp³-hybridized carbons (Fsp3) is 0.273. The lowest BCUT2D eigenvalue weighted by atomic mass is 10.2. The molecule has 1 aromatic heterocycles. The molecule has 2 aromatic rings. The Morgan fingerprint density at radius 3 is 2.85 bits per heavy atom. The summed E-state index contributed by atoms with van der Waals surface area (Å²) < 4.78 is 51.7. The number of anilines is 1. The lowest BCUT2D eigenvalue weighted by Gasteiger charge is -2.13. The van der Waals surface area contributed by atoms with Crippen LogP contribution in [-0.2, 0) is 0 Å². The summed E-state index contributed by atoms with van der Waals surface area (Å²) in [4.78, 5) is 0. The standard InChI is InChI=1S/C11H10F3N3O2S/c12-6-1-8(13)11(14)9(2-6)15-3-7(18)5-19-10-4-16-20-17-10/h1-2,4,7,15,18H,3,5H2. The number of hydrogen-bond donors (Lipinski definition) is 2. The third kappa shape index (κ3) is 3.81. The maximum absolute atomic E-state index is 13.3. The van der Waals surface area contributed by atoms with Gasteiger partial charge in [0.25, 0.3) is 0 Å². The second kappa shape index (κ2) is 6.53. The Morgan fingerprint density at radius 1 is 1.35 bits per heavy atom. The van der Waals surface area contributed by atoms with Crippen LogP contribution in [0.25, 0.3) is 0 Å². The van der Waals surface area contributed by atoms with Crippen molar-refractivity contribution in [3.05, 3.63) is 35.8 Å². The van der Waals surface area contributed by atoms with Gasteiger partial charge in [-0.3, -0.25) is 0 Å². The van der Waals surface area contributed by atoms with Crippen molar-refractivity contribution >= 4 is 17.4 Å². The summed E-state index contributed by atoms with van der Waals surface area (Å²) in [5, 5.41) is 12.0. The first-order chi connectivity index (χ1) is 9.56. The maximum Gasteiger partial charge on any atom is 0.245 e. The van der Waals surface area contributed by atoms with Crippen LogP contribution in [0.15, 0.2) is 18.3 Å². The van der Waals surface area contributed by atoms with Gasteiger partial charge >= 0.3 is 0 Å². The molecule has 1 unspecified atom stereocenters. The topological polar surface area (TPSA) is 67.3 Å². The molecule has 0 spiro atoms. The van der Waals surface area contributed by atoms with Gasteiger partial charge in [0, 0.05) is 18.7 Å². The number of aliphatic hydroxyl groups excluding tert-OH is 1. The quantitative estimate of drug-likeness (QED) is 0.797. The second-order valence-electron chi connectivity index (χ2n) is 3.84. The summed E-state index contributed by atoms with van der Waals surface area (Å²) in [5.41, 5.74) is -0.364. The minimum Gasteiger partial charge on any atom is -0.473 e. The molecule has 9 heteroatoms. The van der Waals surface area contributed by atoms with E-state index >= 15 is 0 Å². The summed E-state index contributed by atoms with van der Waals surface area (Å²) in [6.45, 7) is -0.255. The third-order valence-electron chi connectivity index (χ3n) is 2.29. The minimum atomic E-state index is -1.30. The first-order valence-electron chi connectivity index (χ1n) is 5.53. The van der Waals surface area contributed by atoms with Gasteiger partial charge < -0.3 is 15.2 Å². The van der Waals surface area contributed by atoms with Crippen LogP contribution in [0.1, 0.15) is 0 Å². The second-order valence-corrected chi connectivity index (χ2v) is 4.40. The predicted molar refractivity (Wildman–Crippen MR) is 66.2 cm³/mol. The molecule has 1 atom stereocenters. The Balaban J connectivity index is 1.85. The van der Waals surface area contributed by atoms with E-state index in [0.717, 1.165) is 17.8 Å². The zero-order valence-corrected chi connectivity index (χ0v) is 10.8. The molecule has 2 N–H and O–H groups in total. The molecule has 108 valence electrons. The highest BCUT2D eigenvalue weighted by atomic mass is 32.1. The van der Waals surface area contributed by atoms with E-state index in [0.29, 0.717) is 6.07 Å². The maximum atomic E-state index is 13.3. The van der Waals surface area contributed by atoms with Gasteiger partial charge in [-0.2, -0.15) is 4.37 Å². The van der Waals surface area contributed by atoms with Crippen LogP contribution < -0.4 is 10.1 Å². The van der Waals surface area contributed by atoms with Gasteiger partial charge in [0.15, 0.2) is 11.6 Å². The number of nitrogens with one attached hydrogen (secondary N) is 1. The monoisotopic (exact) mass is 305 g/mol. The Bertz CT molecular complexity index is 568. The molecule has 0 fully saturated rings. The minimum absolute atomic E-state index is 0.113. The number of rotatable bonds is 6. The Morgan fingerprint density at radius 2 is 2.15 bits per heavy atom. The summed E-state index contributed by atoms with van der Waals surface area (Å²) in [7, 11) is 0. The molecule has 0 aliphatic heterocycles. The number of hydrogen-bond acceptors (Lipinski definition) is 6. The predicted octanol–water partition coefficient (Wildman–Crippen LogP) is 1.81. The number of aromatic nitrogens is 2. The number of halogens is 3. The van der Waals surface area contributed by atoms with Crippen LogP contribution in [0, 0.1) is 17.5 Å². The van der Waals surface area contributed by atoms with Crippen molar-refractivity contribution in [2.24, 2.45) is 0 Å². The summed E-state index contributed by atoms with van der Waals surface area (Å²) in [5.74, 6) is -3.15. The Labute approximate surface area is 116 Å². The molecular weight excluding hydrogens is 295 g/mol. The molecular formula is C11H10F3N3O2S. The molecule has 0 aliphatic carbocycles. The summed E-state index contributed by atoms with van der Waals surface area (Å²) in [6.07, 6.45) is 0.370. The summed E-state index contributed by atoms with van der Waals surface area (Å²) in [6, 6.07) is 1.24. The van der Waals surface area contributed by atoms with Crippen molar-refractivity contribution in [1.29, 1.82) is 0 Å². The smallest absolute Gasteiger partial charge is 0.245 e. The van der Waals surface area contributed by atoms with Gasteiger partial charge in [0.2, 0.25) is 5.88 Å². The third-order valence-corrected chi connectivity index (χ3v) is 2.75. The molecule has 0 radical (unpaired) electrons. The van der Waals surface area contributed by atoms with Crippen molar-refractivity contribution < 1.29 is 23.0 Å². The normalized spacial score (nSPS) is 12.2. The average molecular weight is 305 g/mol. The zero-order chi connectivity index (χ0) is 14.5. The number of benzene rings is 1. The van der Waals surface area contributed by atoms with Crippen LogP contribution >= 0.6 is 11.7 Å². The van der Waals surface area contributed by atoms with Gasteiger partial charge in [0.05, 0.1) is 17.4 Å². The highest BCUT2D eigenvalue weighted by Gasteiger charge is 2.13. The van der Waals surface area contributed by atoms with Gasteiger partial charge in [-0.25, -0.2) is 13.2 Å². The highest BCUT2D eigenvalue weighted by molar-refractivity contribution is 6.99. The molecule has 20 heavy (non-hydrogen) atoms. The van der Waals surface area contributed by atoms with Gasteiger partial charge in [0.1, 0.15) is 24.7 Å². The van der Waals surface area contributed by atoms with E-state index in [9.17, 15) is 18.3 Å². The van der Waals surface area contributed by atoms with Crippen LogP contribution in [0.3, 0.4) is 0 Å². The molecule has 1 aromatic carbocycles. The van der Waals surface area contributed by atoms with E-state index in [1.54, 1.807) is 0 Å². The van der Waals surface area contributed by atoms with Gasteiger partial charge in [-0.1, -0.05) is 0 Å². The molecule has 0 saturated heterocycles. The number of aliphatic hydroxyl groups is 1. The van der Waals surface area contributed by atoms with E-state index < -0.39 is 23.6 Å². The SMILES string of the molecule is OC(CNc1cc(F)cc(F)c1F)COc1cnsn1. The van der Waals surface area contributed by atoms with Crippen molar-refractivity contribution in [3.63, 3.8) is 0 Å². The van der Waals surface area contributed by atoms with Crippen LogP contribution in [-0.4, -0.2) is 33.1 Å². The van der Waals surface area contributed by atoms with E-state index in [2.05, 4.69) is 14.1 Å². The van der Waals surface area contributed by atoms with Crippen LogP contribution in [0.2, 0.25) is 0 Å². The molecule has 2 rings (SSSR count). The first kappa shape index (κ1) is 14.5. The highest BCUT2D eigenvalue weighted by Crippen LogP contribution is 2.19. The number of ether oxygens (including phenoxy) is 1. The van der Waals surface area contributed by atoms with Crippen molar-refractivity contribution in [2.45, 2.75) is 6.10 Å². The molecule has 0 saturated carbocycles. The molecule has 0 amide bonds. The van der Waals surface area contributed by atoms with Crippen molar-refractivity contribution in [2.75, 3.05) is 18.5 Å². The lowest BCUT2D eigenvalue weighted by Crippen LogP contribution is -2.26. The molecule has 0 bridgehead atoms. The lowest BCUT2D eigenvalue weighted by molar-refractivity contribution is 0.115. The van der Waals surface area contributed by atoms with E-state index in [1.807, 2.05) is 0 Å². The van der Waals surface area contributed by atoms with E-state index in [1.165, 1.54) is 6.20 Å². The summed E-state index contributed by atoms with van der Waals surface area (Å²) >= 11 is 0.951. The van der Waals surface area contributed by atoms with Gasteiger partial charge in [-0.05, 0) is 0 Å². The van der Waals surface area contributed by atoms with Crippen LogP contribution in [0.5, 0.6) is 5.88 Å². The fourth-order valence-electron chi connectivity index (χ4n) is 1.37. The zero-order valence-electron chi connectivity index (χ0n) is 10.0. The van der Waals surface area contributed by atoms with Gasteiger partial charge in [-0.15, -0.1) is 4.37 Å². The largest absolute Gasteiger partial charge is 0.473 e. The first-order valence-corrected chi connectivity index (χ1v) is 6.26. The fourth-order valence-corrected chi connectivity index (χ4v) is 1.74. The number of nitrogens with zero attached hydrogens (tertiary/aromatic N) is 2. The average Bonchev–Trinajstić information content (AvgIpc) is 2.92.